The molecule has 0 saturated carbocycles. The van der Waals surface area contributed by atoms with Crippen molar-refractivity contribution in [2.24, 2.45) is 5.73 Å². The third kappa shape index (κ3) is 4.07. The van der Waals surface area contributed by atoms with Crippen LogP contribution in [-0.4, -0.2) is 41.7 Å². The van der Waals surface area contributed by atoms with Crippen LogP contribution in [0.3, 0.4) is 0 Å². The summed E-state index contributed by atoms with van der Waals surface area (Å²) in [5.41, 5.74) is 5.63. The number of hydrogen-bond donors (Lipinski definition) is 1. The first kappa shape index (κ1) is 14.1. The van der Waals surface area contributed by atoms with E-state index in [0.29, 0.717) is 13.2 Å². The van der Waals surface area contributed by atoms with Gasteiger partial charge in [0, 0.05) is 27.2 Å². The first-order chi connectivity index (χ1) is 8.22. The Morgan fingerprint density at radius 2 is 2.00 bits per heavy atom. The molecule has 0 saturated heterocycles. The highest BCUT2D eigenvalue weighted by atomic mass is 16.5. The number of aromatic nitrogens is 3. The number of methoxy groups -OCH3 is 2. The van der Waals surface area contributed by atoms with Gasteiger partial charge in [-0.1, -0.05) is 0 Å². The van der Waals surface area contributed by atoms with Crippen LogP contribution in [-0.2, 0) is 29.0 Å². The fourth-order valence-electron chi connectivity index (χ4n) is 1.60. The van der Waals surface area contributed by atoms with Crippen LogP contribution in [0.25, 0.3) is 0 Å². The lowest BCUT2D eigenvalue weighted by atomic mass is 10.2. The zero-order chi connectivity index (χ0) is 12.7. The molecule has 0 aliphatic heterocycles. The van der Waals surface area contributed by atoms with Crippen molar-refractivity contribution in [2.75, 3.05) is 20.8 Å². The lowest BCUT2D eigenvalue weighted by molar-refractivity contribution is 0.110. The topological polar surface area (TPSA) is 75.2 Å². The highest BCUT2D eigenvalue weighted by Crippen LogP contribution is 2.07. The highest BCUT2D eigenvalue weighted by molar-refractivity contribution is 4.96. The Hall–Kier alpha value is -0.980. The quantitative estimate of drug-likeness (QED) is 0.712. The summed E-state index contributed by atoms with van der Waals surface area (Å²) in [7, 11) is 3.39. The second kappa shape index (κ2) is 7.37. The third-order valence-electron chi connectivity index (χ3n) is 2.78. The Labute approximate surface area is 102 Å². The van der Waals surface area contributed by atoms with Gasteiger partial charge in [-0.15, -0.1) is 10.2 Å². The van der Waals surface area contributed by atoms with Crippen LogP contribution in [0.5, 0.6) is 0 Å². The van der Waals surface area contributed by atoms with Crippen molar-refractivity contribution in [3.05, 3.63) is 11.6 Å². The molecule has 1 atom stereocenters. The Bertz CT molecular complexity index is 327. The molecule has 1 heterocycles. The van der Waals surface area contributed by atoms with Crippen molar-refractivity contribution in [3.8, 4) is 0 Å². The SMILES string of the molecule is COCCn1c(CN)nnc1CCC(C)OC. The minimum Gasteiger partial charge on any atom is -0.383 e. The number of ether oxygens (including phenoxy) is 2. The van der Waals surface area contributed by atoms with E-state index >= 15 is 0 Å². The Morgan fingerprint density at radius 1 is 1.29 bits per heavy atom. The molecular weight excluding hydrogens is 220 g/mol. The highest BCUT2D eigenvalue weighted by Gasteiger charge is 2.11. The normalized spacial score (nSPS) is 12.9. The molecule has 2 N–H and O–H groups in total. The van der Waals surface area contributed by atoms with E-state index in [1.807, 2.05) is 11.5 Å². The number of hydrogen-bond acceptors (Lipinski definition) is 5. The van der Waals surface area contributed by atoms with Crippen molar-refractivity contribution >= 4 is 0 Å². The zero-order valence-electron chi connectivity index (χ0n) is 10.8. The molecule has 0 fully saturated rings. The van der Waals surface area contributed by atoms with Gasteiger partial charge in [0.05, 0.1) is 19.3 Å². The van der Waals surface area contributed by atoms with Gasteiger partial charge in [-0.05, 0) is 13.3 Å². The Balaban J connectivity index is 2.66. The summed E-state index contributed by atoms with van der Waals surface area (Å²) in [6, 6.07) is 0. The van der Waals surface area contributed by atoms with Gasteiger partial charge >= 0.3 is 0 Å². The van der Waals surface area contributed by atoms with Crippen LogP contribution < -0.4 is 5.73 Å². The second-order valence-electron chi connectivity index (χ2n) is 3.97. The monoisotopic (exact) mass is 242 g/mol. The van der Waals surface area contributed by atoms with Crippen LogP contribution in [0.15, 0.2) is 0 Å². The van der Waals surface area contributed by atoms with Gasteiger partial charge in [-0.25, -0.2) is 0 Å². The van der Waals surface area contributed by atoms with Gasteiger partial charge in [0.25, 0.3) is 0 Å². The maximum atomic E-state index is 5.63. The molecule has 0 aliphatic rings. The zero-order valence-corrected chi connectivity index (χ0v) is 10.8. The van der Waals surface area contributed by atoms with Gasteiger partial charge in [-0.3, -0.25) is 0 Å². The van der Waals surface area contributed by atoms with Gasteiger partial charge in [0.1, 0.15) is 11.6 Å². The average Bonchev–Trinajstić information content (AvgIpc) is 2.75. The van der Waals surface area contributed by atoms with Crippen LogP contribution >= 0.6 is 0 Å². The molecule has 0 aromatic carbocycles. The molecule has 0 amide bonds. The van der Waals surface area contributed by atoms with Crippen LogP contribution in [0.4, 0.5) is 0 Å². The number of nitrogens with zero attached hydrogens (tertiary/aromatic N) is 3. The first-order valence-electron chi connectivity index (χ1n) is 5.85. The van der Waals surface area contributed by atoms with E-state index < -0.39 is 0 Å². The summed E-state index contributed by atoms with van der Waals surface area (Å²) >= 11 is 0. The van der Waals surface area contributed by atoms with Gasteiger partial charge in [0.15, 0.2) is 0 Å². The van der Waals surface area contributed by atoms with Crippen LogP contribution in [0.2, 0.25) is 0 Å². The van der Waals surface area contributed by atoms with Gasteiger partial charge in [-0.2, -0.15) is 0 Å². The summed E-state index contributed by atoms with van der Waals surface area (Å²) in [6.07, 6.45) is 1.99. The van der Waals surface area contributed by atoms with E-state index in [9.17, 15) is 0 Å². The molecule has 1 aromatic rings. The predicted molar refractivity (Wildman–Crippen MR) is 64.6 cm³/mol. The van der Waals surface area contributed by atoms with E-state index in [1.54, 1.807) is 14.2 Å². The molecular formula is C11H22N4O2. The summed E-state index contributed by atoms with van der Waals surface area (Å²) in [6.45, 7) is 3.82. The maximum absolute atomic E-state index is 5.63. The Morgan fingerprint density at radius 3 is 2.59 bits per heavy atom. The molecule has 1 unspecified atom stereocenters. The predicted octanol–water partition coefficient (Wildman–Crippen LogP) is 0.351. The van der Waals surface area contributed by atoms with Crippen LogP contribution in [0.1, 0.15) is 25.0 Å². The molecule has 0 radical (unpaired) electrons. The van der Waals surface area contributed by atoms with Crippen molar-refractivity contribution in [3.63, 3.8) is 0 Å². The summed E-state index contributed by atoms with van der Waals surface area (Å²) in [5, 5.41) is 8.25. The summed E-state index contributed by atoms with van der Waals surface area (Å²) in [4.78, 5) is 0. The number of rotatable bonds is 8. The first-order valence-corrected chi connectivity index (χ1v) is 5.85. The number of aryl methyl sites for hydroxylation is 1. The van der Waals surface area contributed by atoms with Crippen molar-refractivity contribution < 1.29 is 9.47 Å². The molecule has 0 spiro atoms. The molecule has 1 aromatic heterocycles. The third-order valence-corrected chi connectivity index (χ3v) is 2.78. The second-order valence-corrected chi connectivity index (χ2v) is 3.97. The summed E-state index contributed by atoms with van der Waals surface area (Å²) in [5.74, 6) is 1.76. The van der Waals surface area contributed by atoms with E-state index in [4.69, 9.17) is 15.2 Å². The maximum Gasteiger partial charge on any atom is 0.146 e. The fraction of sp³-hybridized carbons (Fsp3) is 0.818. The molecule has 1 rings (SSSR count). The summed E-state index contributed by atoms with van der Waals surface area (Å²) < 4.78 is 12.3. The molecule has 6 heteroatoms. The smallest absolute Gasteiger partial charge is 0.146 e. The van der Waals surface area contributed by atoms with Crippen molar-refractivity contribution in [1.82, 2.24) is 14.8 Å². The lowest BCUT2D eigenvalue weighted by Crippen LogP contribution is -2.15. The molecule has 6 nitrogen and oxygen atoms in total. The molecule has 0 bridgehead atoms. The van der Waals surface area contributed by atoms with E-state index in [0.717, 1.165) is 31.0 Å². The lowest BCUT2D eigenvalue weighted by Gasteiger charge is -2.11. The fourth-order valence-corrected chi connectivity index (χ4v) is 1.60. The van der Waals surface area contributed by atoms with E-state index in [-0.39, 0.29) is 6.10 Å². The molecule has 0 aliphatic carbocycles. The van der Waals surface area contributed by atoms with Crippen molar-refractivity contribution in [1.29, 1.82) is 0 Å². The van der Waals surface area contributed by atoms with Gasteiger partial charge in [0.2, 0.25) is 0 Å². The Kier molecular flexibility index (Phi) is 6.10. The number of nitrogens with two attached hydrogens (primary N) is 1. The molecule has 17 heavy (non-hydrogen) atoms. The van der Waals surface area contributed by atoms with Crippen LogP contribution in [0, 0.1) is 0 Å². The molecule has 98 valence electrons. The van der Waals surface area contributed by atoms with Crippen molar-refractivity contribution in [2.45, 2.75) is 39.0 Å². The van der Waals surface area contributed by atoms with E-state index in [2.05, 4.69) is 10.2 Å². The van der Waals surface area contributed by atoms with Gasteiger partial charge < -0.3 is 19.8 Å². The minimum absolute atomic E-state index is 0.226. The average molecular weight is 242 g/mol. The standard InChI is InChI=1S/C11H22N4O2/c1-9(17-3)4-5-10-13-14-11(8-12)15(10)6-7-16-2/h9H,4-8,12H2,1-3H3. The largest absolute Gasteiger partial charge is 0.383 e. The van der Waals surface area contributed by atoms with E-state index in [1.165, 1.54) is 0 Å². The minimum atomic E-state index is 0.226.